The summed E-state index contributed by atoms with van der Waals surface area (Å²) < 4.78 is 5.25. The molecule has 0 radical (unpaired) electrons. The molecule has 5 heteroatoms. The highest BCUT2D eigenvalue weighted by molar-refractivity contribution is 5.94. The van der Waals surface area contributed by atoms with Crippen molar-refractivity contribution in [3.63, 3.8) is 0 Å². The molecule has 0 unspecified atom stereocenters. The molecule has 0 aromatic carbocycles. The minimum Gasteiger partial charge on any atom is -0.480 e. The Hall–Kier alpha value is -2.04. The predicted molar refractivity (Wildman–Crippen MR) is 66.9 cm³/mol. The fraction of sp³-hybridized carbons (Fsp3) is 0.385. The molecule has 0 spiro atoms. The van der Waals surface area contributed by atoms with E-state index in [2.05, 4.69) is 5.32 Å². The van der Waals surface area contributed by atoms with E-state index in [1.165, 1.54) is 12.2 Å². The van der Waals surface area contributed by atoms with Gasteiger partial charge in [-0.1, -0.05) is 13.8 Å². The Morgan fingerprint density at radius 3 is 2.50 bits per heavy atom. The van der Waals surface area contributed by atoms with Crippen molar-refractivity contribution in [3.05, 3.63) is 29.7 Å². The molecule has 0 fully saturated rings. The zero-order chi connectivity index (χ0) is 13.7. The van der Waals surface area contributed by atoms with Gasteiger partial charge in [0.1, 0.15) is 17.6 Å². The first-order valence-corrected chi connectivity index (χ1v) is 5.68. The summed E-state index contributed by atoms with van der Waals surface area (Å²) in [5.41, 5.74) is 0. The lowest BCUT2D eigenvalue weighted by atomic mass is 10.0. The van der Waals surface area contributed by atoms with Crippen LogP contribution in [0.15, 0.2) is 22.6 Å². The van der Waals surface area contributed by atoms with Gasteiger partial charge in [0.05, 0.1) is 0 Å². The zero-order valence-corrected chi connectivity index (χ0v) is 10.6. The highest BCUT2D eigenvalue weighted by Gasteiger charge is 2.22. The second-order valence-electron chi connectivity index (χ2n) is 4.35. The van der Waals surface area contributed by atoms with Crippen LogP contribution in [0.4, 0.5) is 0 Å². The van der Waals surface area contributed by atoms with Gasteiger partial charge in [-0.2, -0.15) is 0 Å². The molecule has 5 nitrogen and oxygen atoms in total. The first kappa shape index (κ1) is 14.0. The van der Waals surface area contributed by atoms with E-state index < -0.39 is 17.9 Å². The molecule has 0 saturated carbocycles. The SMILES string of the molecule is Cc1ccc(C=CC(=O)N[C@@H](C(=O)O)C(C)C)o1. The maximum atomic E-state index is 11.5. The van der Waals surface area contributed by atoms with Crippen molar-refractivity contribution in [2.75, 3.05) is 0 Å². The van der Waals surface area contributed by atoms with Crippen LogP contribution in [-0.2, 0) is 9.59 Å². The lowest BCUT2D eigenvalue weighted by Gasteiger charge is -2.16. The fourth-order valence-electron chi connectivity index (χ4n) is 1.42. The highest BCUT2D eigenvalue weighted by Crippen LogP contribution is 2.08. The molecule has 0 aliphatic heterocycles. The van der Waals surface area contributed by atoms with Crippen LogP contribution in [0.25, 0.3) is 6.08 Å². The number of aliphatic carboxylic acids is 1. The van der Waals surface area contributed by atoms with Gasteiger partial charge in [0.25, 0.3) is 0 Å². The molecule has 2 N–H and O–H groups in total. The summed E-state index contributed by atoms with van der Waals surface area (Å²) in [5, 5.41) is 11.3. The van der Waals surface area contributed by atoms with E-state index >= 15 is 0 Å². The van der Waals surface area contributed by atoms with E-state index in [4.69, 9.17) is 9.52 Å². The number of hydrogen-bond donors (Lipinski definition) is 2. The van der Waals surface area contributed by atoms with Crippen LogP contribution in [0, 0.1) is 12.8 Å². The van der Waals surface area contributed by atoms with Crippen molar-refractivity contribution >= 4 is 18.0 Å². The first-order chi connectivity index (χ1) is 8.40. The van der Waals surface area contributed by atoms with E-state index in [0.29, 0.717) is 5.76 Å². The average Bonchev–Trinajstić information content (AvgIpc) is 2.68. The number of rotatable bonds is 5. The maximum absolute atomic E-state index is 11.5. The molecule has 1 rings (SSSR count). The van der Waals surface area contributed by atoms with Crippen molar-refractivity contribution in [1.82, 2.24) is 5.32 Å². The molecule has 1 amide bonds. The second-order valence-corrected chi connectivity index (χ2v) is 4.35. The normalized spacial score (nSPS) is 12.9. The molecule has 0 aliphatic rings. The summed E-state index contributed by atoms with van der Waals surface area (Å²) in [6, 6.07) is 2.63. The summed E-state index contributed by atoms with van der Waals surface area (Å²) in [6.45, 7) is 5.27. The quantitative estimate of drug-likeness (QED) is 0.782. The summed E-state index contributed by atoms with van der Waals surface area (Å²) >= 11 is 0. The van der Waals surface area contributed by atoms with Gasteiger partial charge >= 0.3 is 5.97 Å². The minimum atomic E-state index is -1.04. The van der Waals surface area contributed by atoms with Gasteiger partial charge in [-0.05, 0) is 31.1 Å². The summed E-state index contributed by atoms with van der Waals surface area (Å²) in [4.78, 5) is 22.4. The molecule has 18 heavy (non-hydrogen) atoms. The van der Waals surface area contributed by atoms with Crippen molar-refractivity contribution in [1.29, 1.82) is 0 Å². The monoisotopic (exact) mass is 251 g/mol. The summed E-state index contributed by atoms with van der Waals surface area (Å²) in [6.07, 6.45) is 2.76. The minimum absolute atomic E-state index is 0.175. The Kier molecular flexibility index (Phi) is 4.71. The fourth-order valence-corrected chi connectivity index (χ4v) is 1.42. The number of carbonyl (C=O) groups excluding carboxylic acids is 1. The van der Waals surface area contributed by atoms with Gasteiger partial charge in [0.15, 0.2) is 0 Å². The van der Waals surface area contributed by atoms with Crippen molar-refractivity contribution in [2.24, 2.45) is 5.92 Å². The van der Waals surface area contributed by atoms with Crippen LogP contribution in [0.3, 0.4) is 0 Å². The van der Waals surface area contributed by atoms with E-state index in [9.17, 15) is 9.59 Å². The number of carboxylic acid groups (broad SMARTS) is 1. The Balaban J connectivity index is 2.60. The Labute approximate surface area is 105 Å². The van der Waals surface area contributed by atoms with E-state index in [1.54, 1.807) is 32.9 Å². The van der Waals surface area contributed by atoms with Crippen molar-refractivity contribution in [2.45, 2.75) is 26.8 Å². The molecule has 0 saturated heterocycles. The van der Waals surface area contributed by atoms with E-state index in [1.807, 2.05) is 0 Å². The molecular weight excluding hydrogens is 234 g/mol. The van der Waals surface area contributed by atoms with Crippen LogP contribution < -0.4 is 5.32 Å². The van der Waals surface area contributed by atoms with Gasteiger partial charge in [-0.25, -0.2) is 4.79 Å². The highest BCUT2D eigenvalue weighted by atomic mass is 16.4. The van der Waals surface area contributed by atoms with Crippen LogP contribution in [-0.4, -0.2) is 23.0 Å². The molecule has 1 aromatic rings. The first-order valence-electron chi connectivity index (χ1n) is 5.68. The number of furan rings is 1. The van der Waals surface area contributed by atoms with Crippen LogP contribution in [0.1, 0.15) is 25.4 Å². The third kappa shape index (κ3) is 4.08. The second kappa shape index (κ2) is 6.05. The molecule has 1 aromatic heterocycles. The molecule has 1 atom stereocenters. The number of aryl methyl sites for hydroxylation is 1. The van der Waals surface area contributed by atoms with Gasteiger partial charge in [-0.15, -0.1) is 0 Å². The van der Waals surface area contributed by atoms with Crippen LogP contribution in [0.5, 0.6) is 0 Å². The molecule has 0 aliphatic carbocycles. The zero-order valence-electron chi connectivity index (χ0n) is 10.6. The lowest BCUT2D eigenvalue weighted by Crippen LogP contribution is -2.43. The third-order valence-electron chi connectivity index (χ3n) is 2.39. The van der Waals surface area contributed by atoms with Gasteiger partial charge in [0.2, 0.25) is 5.91 Å². The number of carboxylic acids is 1. The lowest BCUT2D eigenvalue weighted by molar-refractivity contribution is -0.142. The summed E-state index contributed by atoms with van der Waals surface area (Å²) in [7, 11) is 0. The maximum Gasteiger partial charge on any atom is 0.326 e. The van der Waals surface area contributed by atoms with E-state index in [0.717, 1.165) is 5.76 Å². The van der Waals surface area contributed by atoms with Crippen LogP contribution >= 0.6 is 0 Å². The number of hydrogen-bond acceptors (Lipinski definition) is 3. The standard InChI is InChI=1S/C13H17NO4/c1-8(2)12(13(16)17)14-11(15)7-6-10-5-4-9(3)18-10/h4-8,12H,1-3H3,(H,14,15)(H,16,17)/t12-/m1/s1. The molecular formula is C13H17NO4. The van der Waals surface area contributed by atoms with Gasteiger partial charge in [-0.3, -0.25) is 4.79 Å². The smallest absolute Gasteiger partial charge is 0.326 e. The van der Waals surface area contributed by atoms with Crippen molar-refractivity contribution < 1.29 is 19.1 Å². The molecule has 1 heterocycles. The largest absolute Gasteiger partial charge is 0.480 e. The predicted octanol–water partition coefficient (Wildman–Crippen LogP) is 1.83. The van der Waals surface area contributed by atoms with Crippen molar-refractivity contribution in [3.8, 4) is 0 Å². The number of carbonyl (C=O) groups is 2. The number of amides is 1. The number of nitrogens with one attached hydrogen (secondary N) is 1. The Morgan fingerprint density at radius 1 is 1.39 bits per heavy atom. The Bertz CT molecular complexity index is 459. The average molecular weight is 251 g/mol. The van der Waals surface area contributed by atoms with Gasteiger partial charge < -0.3 is 14.8 Å². The topological polar surface area (TPSA) is 79.5 Å². The third-order valence-corrected chi connectivity index (χ3v) is 2.39. The van der Waals surface area contributed by atoms with Gasteiger partial charge in [0, 0.05) is 6.08 Å². The van der Waals surface area contributed by atoms with Crippen LogP contribution in [0.2, 0.25) is 0 Å². The molecule has 0 bridgehead atoms. The van der Waals surface area contributed by atoms with E-state index in [-0.39, 0.29) is 5.92 Å². The Morgan fingerprint density at radius 2 is 2.06 bits per heavy atom. The molecule has 98 valence electrons. The summed E-state index contributed by atoms with van der Waals surface area (Å²) in [5.74, 6) is -0.365.